The first-order valence-electron chi connectivity index (χ1n) is 10.5. The zero-order chi connectivity index (χ0) is 23.8. The average molecular weight is 537 g/mol. The van der Waals surface area contributed by atoms with E-state index in [1.54, 1.807) is 35.2 Å². The van der Waals surface area contributed by atoms with Gasteiger partial charge in [0, 0.05) is 18.5 Å². The summed E-state index contributed by atoms with van der Waals surface area (Å²) in [6.45, 7) is 3.26. The predicted octanol–water partition coefficient (Wildman–Crippen LogP) is 2.91. The lowest BCUT2D eigenvalue weighted by atomic mass is 10.1. The number of hydrogen-bond donors (Lipinski definition) is 3. The highest BCUT2D eigenvalue weighted by Gasteiger charge is 2.34. The maximum absolute atomic E-state index is 12.4. The van der Waals surface area contributed by atoms with E-state index in [2.05, 4.69) is 39.0 Å². The van der Waals surface area contributed by atoms with Crippen LogP contribution in [0, 0.1) is 5.92 Å². The van der Waals surface area contributed by atoms with Gasteiger partial charge in [0.1, 0.15) is 11.5 Å². The lowest BCUT2D eigenvalue weighted by molar-refractivity contribution is -0.129. The molecule has 1 aliphatic rings. The summed E-state index contributed by atoms with van der Waals surface area (Å²) in [5.41, 5.74) is 5.34. The van der Waals surface area contributed by atoms with E-state index in [-0.39, 0.29) is 24.0 Å². The van der Waals surface area contributed by atoms with E-state index < -0.39 is 17.7 Å². The van der Waals surface area contributed by atoms with Crippen molar-refractivity contribution in [1.29, 1.82) is 0 Å². The molecule has 1 fully saturated rings. The number of carbonyl (C=O) groups is 3. The Bertz CT molecular complexity index is 1010. The van der Waals surface area contributed by atoms with E-state index in [9.17, 15) is 14.4 Å². The van der Waals surface area contributed by atoms with Gasteiger partial charge >= 0.3 is 0 Å². The number of rotatable bonds is 8. The molecule has 1 aliphatic heterocycles. The number of hydrazine groups is 1. The number of nitrogens with zero attached hydrogens (tertiary/aromatic N) is 1. The van der Waals surface area contributed by atoms with Crippen LogP contribution < -0.4 is 20.9 Å². The molecule has 1 aromatic carbocycles. The highest BCUT2D eigenvalue weighted by atomic mass is 79.9. The molecule has 9 nitrogen and oxygen atoms in total. The number of likely N-dealkylation sites (tertiary alicyclic amines) is 1. The Hall–Kier alpha value is -2.92. The molecule has 0 bridgehead atoms. The first-order valence-corrected chi connectivity index (χ1v) is 11.7. The van der Waals surface area contributed by atoms with Crippen molar-refractivity contribution >= 4 is 51.0 Å². The largest absolute Gasteiger partial charge is 0.492 e. The molecule has 1 saturated heterocycles. The quantitative estimate of drug-likeness (QED) is 0.270. The molecule has 2 aromatic rings. The summed E-state index contributed by atoms with van der Waals surface area (Å²) in [6, 6.07) is 8.48. The van der Waals surface area contributed by atoms with Crippen molar-refractivity contribution in [3.8, 4) is 5.75 Å². The summed E-state index contributed by atoms with van der Waals surface area (Å²) in [6.07, 6.45) is 3.60. The molecule has 176 valence electrons. The molecule has 0 radical (unpaired) electrons. The highest BCUT2D eigenvalue weighted by molar-refractivity contribution is 9.10. The number of furan rings is 1. The van der Waals surface area contributed by atoms with Gasteiger partial charge in [-0.05, 0) is 64.9 Å². The molecule has 0 aliphatic carbocycles. The summed E-state index contributed by atoms with van der Waals surface area (Å²) in [5, 5.41) is 2.44. The van der Waals surface area contributed by atoms with Gasteiger partial charge in [-0.1, -0.05) is 13.3 Å². The minimum absolute atomic E-state index is 0.0653. The van der Waals surface area contributed by atoms with Crippen molar-refractivity contribution in [3.05, 3.63) is 52.4 Å². The zero-order valence-corrected chi connectivity index (χ0v) is 20.5. The van der Waals surface area contributed by atoms with E-state index >= 15 is 0 Å². The van der Waals surface area contributed by atoms with Gasteiger partial charge in [0.15, 0.2) is 5.11 Å². The van der Waals surface area contributed by atoms with Crippen molar-refractivity contribution in [2.24, 2.45) is 5.92 Å². The Kier molecular flexibility index (Phi) is 8.84. The number of halogens is 1. The molecule has 3 rings (SSSR count). The van der Waals surface area contributed by atoms with Crippen LogP contribution in [0.1, 0.15) is 42.3 Å². The minimum Gasteiger partial charge on any atom is -0.492 e. The average Bonchev–Trinajstić information content (AvgIpc) is 3.43. The van der Waals surface area contributed by atoms with Crippen LogP contribution in [-0.2, 0) is 16.1 Å². The molecule has 0 spiro atoms. The van der Waals surface area contributed by atoms with Crippen LogP contribution in [0.5, 0.6) is 5.75 Å². The maximum Gasteiger partial charge on any atom is 0.257 e. The van der Waals surface area contributed by atoms with Gasteiger partial charge in [-0.2, -0.15) is 0 Å². The number of benzene rings is 1. The fourth-order valence-corrected chi connectivity index (χ4v) is 3.84. The maximum atomic E-state index is 12.4. The second-order valence-electron chi connectivity index (χ2n) is 7.50. The highest BCUT2D eigenvalue weighted by Crippen LogP contribution is 2.26. The van der Waals surface area contributed by atoms with Crippen molar-refractivity contribution in [2.45, 2.75) is 32.7 Å². The lowest BCUT2D eigenvalue weighted by Gasteiger charge is -2.16. The second-order valence-corrected chi connectivity index (χ2v) is 8.76. The molecule has 2 heterocycles. The first-order chi connectivity index (χ1) is 15.9. The van der Waals surface area contributed by atoms with Crippen LogP contribution in [0.15, 0.2) is 45.5 Å². The Morgan fingerprint density at radius 2 is 2.12 bits per heavy atom. The second kappa shape index (κ2) is 11.8. The lowest BCUT2D eigenvalue weighted by Crippen LogP contribution is -2.50. The summed E-state index contributed by atoms with van der Waals surface area (Å²) in [7, 11) is 0. The normalized spacial score (nSPS) is 15.3. The van der Waals surface area contributed by atoms with Crippen molar-refractivity contribution in [3.63, 3.8) is 0 Å². The smallest absolute Gasteiger partial charge is 0.257 e. The minimum atomic E-state index is -0.533. The summed E-state index contributed by atoms with van der Waals surface area (Å²) < 4.78 is 11.6. The van der Waals surface area contributed by atoms with Gasteiger partial charge in [-0.25, -0.2) is 0 Å². The van der Waals surface area contributed by atoms with Gasteiger partial charge in [0.25, 0.3) is 5.91 Å². The third-order valence-electron chi connectivity index (χ3n) is 4.99. The molecule has 33 heavy (non-hydrogen) atoms. The van der Waals surface area contributed by atoms with Crippen molar-refractivity contribution < 1.29 is 23.5 Å². The topological polar surface area (TPSA) is 113 Å². The monoisotopic (exact) mass is 536 g/mol. The molecule has 1 atom stereocenters. The molecule has 1 aromatic heterocycles. The third kappa shape index (κ3) is 7.03. The van der Waals surface area contributed by atoms with Crippen LogP contribution in [0.3, 0.4) is 0 Å². The SMILES string of the molecule is CCCCOc1ccc(C(=O)NC(=S)NNC(=O)C2CC(=O)N(Cc3ccco3)C2)cc1Br. The van der Waals surface area contributed by atoms with Crippen LogP contribution >= 0.6 is 28.1 Å². The Labute approximate surface area is 205 Å². The van der Waals surface area contributed by atoms with E-state index in [1.807, 2.05) is 0 Å². The van der Waals surface area contributed by atoms with E-state index in [1.165, 1.54) is 6.26 Å². The van der Waals surface area contributed by atoms with Crippen LogP contribution in [-0.4, -0.2) is 40.9 Å². The number of thiocarbonyl (C=S) groups is 1. The number of amides is 3. The van der Waals surface area contributed by atoms with Gasteiger partial charge < -0.3 is 14.1 Å². The predicted molar refractivity (Wildman–Crippen MR) is 128 cm³/mol. The van der Waals surface area contributed by atoms with Gasteiger partial charge in [-0.3, -0.25) is 30.6 Å². The molecule has 3 N–H and O–H groups in total. The number of ether oxygens (including phenoxy) is 1. The summed E-state index contributed by atoms with van der Waals surface area (Å²) >= 11 is 8.49. The molecule has 11 heteroatoms. The number of nitrogens with one attached hydrogen (secondary N) is 3. The molecule has 1 unspecified atom stereocenters. The zero-order valence-electron chi connectivity index (χ0n) is 18.1. The fraction of sp³-hybridized carbons (Fsp3) is 0.364. The summed E-state index contributed by atoms with van der Waals surface area (Å²) in [4.78, 5) is 38.6. The number of unbranched alkanes of at least 4 members (excludes halogenated alkanes) is 1. The third-order valence-corrected chi connectivity index (χ3v) is 5.81. The number of carbonyl (C=O) groups excluding carboxylic acids is 3. The van der Waals surface area contributed by atoms with Crippen LogP contribution in [0.4, 0.5) is 0 Å². The Morgan fingerprint density at radius 1 is 1.30 bits per heavy atom. The molecular weight excluding hydrogens is 512 g/mol. The Morgan fingerprint density at radius 3 is 2.82 bits per heavy atom. The molecular formula is C22H25BrN4O5S. The van der Waals surface area contributed by atoms with E-state index in [0.717, 1.165) is 12.8 Å². The fourth-order valence-electron chi connectivity index (χ4n) is 3.20. The van der Waals surface area contributed by atoms with Crippen molar-refractivity contribution in [1.82, 2.24) is 21.1 Å². The van der Waals surface area contributed by atoms with Crippen LogP contribution in [0.2, 0.25) is 0 Å². The first kappa shape index (κ1) is 24.7. The van der Waals surface area contributed by atoms with Crippen LogP contribution in [0.25, 0.3) is 0 Å². The number of hydrogen-bond acceptors (Lipinski definition) is 6. The van der Waals surface area contributed by atoms with E-state index in [0.29, 0.717) is 34.7 Å². The standard InChI is InChI=1S/C22H25BrN4O5S/c1-2-3-8-32-18-7-6-14(10-17(18)23)20(29)24-22(33)26-25-21(30)15-11-19(28)27(12-15)13-16-5-4-9-31-16/h4-7,9-10,15H,2-3,8,11-13H2,1H3,(H,25,30)(H2,24,26,29,33). The van der Waals surface area contributed by atoms with Gasteiger partial charge in [0.05, 0.1) is 29.8 Å². The Balaban J connectivity index is 1.44. The molecule has 0 saturated carbocycles. The van der Waals surface area contributed by atoms with Gasteiger partial charge in [0.2, 0.25) is 11.8 Å². The molecule has 3 amide bonds. The van der Waals surface area contributed by atoms with Gasteiger partial charge in [-0.15, -0.1) is 0 Å². The summed E-state index contributed by atoms with van der Waals surface area (Å²) in [5.74, 6) is -0.190. The van der Waals surface area contributed by atoms with Crippen molar-refractivity contribution in [2.75, 3.05) is 13.2 Å². The van der Waals surface area contributed by atoms with E-state index in [4.69, 9.17) is 21.4 Å².